The van der Waals surface area contributed by atoms with Crippen molar-refractivity contribution in [3.05, 3.63) is 5.69 Å². The van der Waals surface area contributed by atoms with E-state index in [9.17, 15) is 0 Å². The topological polar surface area (TPSA) is 41.9 Å². The molecule has 2 heterocycles. The zero-order valence-electron chi connectivity index (χ0n) is 9.38. The second-order valence-corrected chi connectivity index (χ2v) is 4.74. The molecule has 2 aliphatic rings. The van der Waals surface area contributed by atoms with Crippen molar-refractivity contribution in [2.24, 2.45) is 13.0 Å². The molecule has 1 aliphatic carbocycles. The Morgan fingerprint density at radius 3 is 2.87 bits per heavy atom. The average Bonchev–Trinajstić information content (AvgIpc) is 3.00. The number of fused-ring (bicyclic) bond motifs is 1. The molecule has 1 aromatic heterocycles. The molecule has 1 aliphatic heterocycles. The lowest BCUT2D eigenvalue weighted by Crippen LogP contribution is -2.23. The minimum atomic E-state index is 0.647. The van der Waals surface area contributed by atoms with E-state index >= 15 is 0 Å². The van der Waals surface area contributed by atoms with Gasteiger partial charge in [-0.15, -0.1) is 0 Å². The Hall–Kier alpha value is -1.19. The van der Waals surface area contributed by atoms with Gasteiger partial charge >= 0.3 is 0 Å². The van der Waals surface area contributed by atoms with Crippen LogP contribution in [-0.4, -0.2) is 22.4 Å². The molecule has 1 aromatic rings. The minimum Gasteiger partial charge on any atom is -0.380 e. The van der Waals surface area contributed by atoms with Crippen molar-refractivity contribution >= 4 is 11.5 Å². The third-order valence-electron chi connectivity index (χ3n) is 3.49. The maximum atomic E-state index is 4.44. The molecule has 1 fully saturated rings. The summed E-state index contributed by atoms with van der Waals surface area (Å²) >= 11 is 0. The van der Waals surface area contributed by atoms with Crippen LogP contribution in [0.4, 0.5) is 11.5 Å². The highest BCUT2D eigenvalue weighted by Crippen LogP contribution is 2.38. The van der Waals surface area contributed by atoms with E-state index in [1.807, 2.05) is 11.7 Å². The Balaban J connectivity index is 1.93. The summed E-state index contributed by atoms with van der Waals surface area (Å²) in [5, 5.41) is 11.6. The van der Waals surface area contributed by atoms with Crippen molar-refractivity contribution in [3.8, 4) is 0 Å². The fourth-order valence-corrected chi connectivity index (χ4v) is 2.49. The zero-order chi connectivity index (χ0) is 10.4. The van der Waals surface area contributed by atoms with Gasteiger partial charge in [0.05, 0.1) is 5.69 Å². The first-order valence-electron chi connectivity index (χ1n) is 5.79. The number of rotatable bonds is 1. The van der Waals surface area contributed by atoms with Crippen molar-refractivity contribution in [2.45, 2.75) is 32.2 Å². The molecule has 0 spiro atoms. The van der Waals surface area contributed by atoms with Gasteiger partial charge in [-0.3, -0.25) is 4.68 Å². The van der Waals surface area contributed by atoms with Gasteiger partial charge in [-0.05, 0) is 32.1 Å². The average molecular weight is 206 g/mol. The van der Waals surface area contributed by atoms with Crippen molar-refractivity contribution in [3.63, 3.8) is 0 Å². The first kappa shape index (κ1) is 9.07. The van der Waals surface area contributed by atoms with E-state index in [1.54, 1.807) is 0 Å². The number of nitrogens with one attached hydrogen (secondary N) is 2. The highest BCUT2D eigenvalue weighted by atomic mass is 15.3. The van der Waals surface area contributed by atoms with Crippen LogP contribution in [0.5, 0.6) is 0 Å². The number of nitrogens with zero attached hydrogens (tertiary/aromatic N) is 2. The van der Waals surface area contributed by atoms with E-state index in [0.29, 0.717) is 6.04 Å². The number of hydrogen-bond acceptors (Lipinski definition) is 3. The van der Waals surface area contributed by atoms with Gasteiger partial charge in [-0.25, -0.2) is 0 Å². The highest BCUT2D eigenvalue weighted by molar-refractivity contribution is 5.69. The van der Waals surface area contributed by atoms with Crippen LogP contribution in [-0.2, 0) is 7.05 Å². The molecule has 0 saturated heterocycles. The summed E-state index contributed by atoms with van der Waals surface area (Å²) in [6.45, 7) is 3.12. The molecule has 1 unspecified atom stereocenters. The van der Waals surface area contributed by atoms with Gasteiger partial charge in [0.1, 0.15) is 11.5 Å². The number of hydrogen-bond donors (Lipinski definition) is 2. The summed E-state index contributed by atoms with van der Waals surface area (Å²) in [4.78, 5) is 0. The fraction of sp³-hybridized carbons (Fsp3) is 0.727. The van der Waals surface area contributed by atoms with Crippen LogP contribution in [0.25, 0.3) is 0 Å². The summed E-state index contributed by atoms with van der Waals surface area (Å²) in [5.41, 5.74) is 2.29. The molecule has 4 heteroatoms. The van der Waals surface area contributed by atoms with E-state index in [0.717, 1.165) is 18.2 Å². The summed E-state index contributed by atoms with van der Waals surface area (Å²) in [7, 11) is 2.01. The van der Waals surface area contributed by atoms with Crippen LogP contribution in [0.3, 0.4) is 0 Å². The second-order valence-electron chi connectivity index (χ2n) is 4.74. The van der Waals surface area contributed by atoms with E-state index in [-0.39, 0.29) is 0 Å². The molecule has 3 rings (SSSR count). The van der Waals surface area contributed by atoms with E-state index in [2.05, 4.69) is 22.7 Å². The molecule has 0 bridgehead atoms. The van der Waals surface area contributed by atoms with Crippen LogP contribution in [0.2, 0.25) is 0 Å². The van der Waals surface area contributed by atoms with Crippen molar-refractivity contribution in [1.29, 1.82) is 0 Å². The van der Waals surface area contributed by atoms with Crippen LogP contribution in [0, 0.1) is 12.8 Å². The van der Waals surface area contributed by atoms with Gasteiger partial charge in [0.15, 0.2) is 0 Å². The zero-order valence-corrected chi connectivity index (χ0v) is 9.38. The van der Waals surface area contributed by atoms with Gasteiger partial charge in [-0.2, -0.15) is 5.10 Å². The maximum Gasteiger partial charge on any atom is 0.148 e. The number of aryl methyl sites for hydroxylation is 2. The molecule has 4 nitrogen and oxygen atoms in total. The molecule has 15 heavy (non-hydrogen) atoms. The Labute approximate surface area is 90.0 Å². The molecular weight excluding hydrogens is 188 g/mol. The third kappa shape index (κ3) is 1.48. The van der Waals surface area contributed by atoms with E-state index in [1.165, 1.54) is 30.8 Å². The predicted molar refractivity (Wildman–Crippen MR) is 61.2 cm³/mol. The monoisotopic (exact) mass is 206 g/mol. The minimum absolute atomic E-state index is 0.647. The Morgan fingerprint density at radius 2 is 2.13 bits per heavy atom. The molecule has 1 atom stereocenters. The normalized spacial score (nSPS) is 25.1. The Morgan fingerprint density at radius 1 is 1.33 bits per heavy atom. The number of aromatic nitrogens is 2. The molecule has 0 aromatic carbocycles. The van der Waals surface area contributed by atoms with Crippen molar-refractivity contribution in [2.75, 3.05) is 17.2 Å². The van der Waals surface area contributed by atoms with Crippen molar-refractivity contribution in [1.82, 2.24) is 9.78 Å². The van der Waals surface area contributed by atoms with E-state index in [4.69, 9.17) is 0 Å². The molecule has 1 saturated carbocycles. The summed E-state index contributed by atoms with van der Waals surface area (Å²) in [6, 6.07) is 0.647. The van der Waals surface area contributed by atoms with Gasteiger partial charge < -0.3 is 10.6 Å². The summed E-state index contributed by atoms with van der Waals surface area (Å²) in [5.74, 6) is 2.06. The standard InChI is InChI=1S/C11H18N4/c1-7-10-11(15(2)14-7)13-9(5-6-12-10)8-3-4-8/h8-9,12-13H,3-6H2,1-2H3. The highest BCUT2D eigenvalue weighted by Gasteiger charge is 2.33. The lowest BCUT2D eigenvalue weighted by atomic mass is 10.1. The molecule has 82 valence electrons. The van der Waals surface area contributed by atoms with E-state index < -0.39 is 0 Å². The number of anilines is 2. The lowest BCUT2D eigenvalue weighted by Gasteiger charge is -2.16. The van der Waals surface area contributed by atoms with Gasteiger partial charge in [0, 0.05) is 19.6 Å². The molecule has 2 N–H and O–H groups in total. The lowest BCUT2D eigenvalue weighted by molar-refractivity contribution is 0.598. The maximum absolute atomic E-state index is 4.44. The largest absolute Gasteiger partial charge is 0.380 e. The van der Waals surface area contributed by atoms with Crippen LogP contribution in [0.15, 0.2) is 0 Å². The summed E-state index contributed by atoms with van der Waals surface area (Å²) in [6.07, 6.45) is 4.01. The fourth-order valence-electron chi connectivity index (χ4n) is 2.49. The second kappa shape index (κ2) is 3.15. The summed E-state index contributed by atoms with van der Waals surface area (Å²) < 4.78 is 1.96. The SMILES string of the molecule is Cc1nn(C)c2c1NCCC(C1CC1)N2. The van der Waals surface area contributed by atoms with Gasteiger partial charge in [0.2, 0.25) is 0 Å². The smallest absolute Gasteiger partial charge is 0.148 e. The van der Waals surface area contributed by atoms with Crippen molar-refractivity contribution < 1.29 is 0 Å². The molecule has 0 radical (unpaired) electrons. The quantitative estimate of drug-likeness (QED) is 0.735. The first-order chi connectivity index (χ1) is 7.25. The molecular formula is C11H18N4. The first-order valence-corrected chi connectivity index (χ1v) is 5.79. The van der Waals surface area contributed by atoms with Gasteiger partial charge in [-0.1, -0.05) is 0 Å². The molecule has 0 amide bonds. The van der Waals surface area contributed by atoms with Crippen LogP contribution < -0.4 is 10.6 Å². The Bertz CT molecular complexity index is 378. The predicted octanol–water partition coefficient (Wildman–Crippen LogP) is 1.73. The van der Waals surface area contributed by atoms with Crippen LogP contribution >= 0.6 is 0 Å². The van der Waals surface area contributed by atoms with Gasteiger partial charge in [0.25, 0.3) is 0 Å². The third-order valence-corrected chi connectivity index (χ3v) is 3.49. The van der Waals surface area contributed by atoms with Crippen LogP contribution in [0.1, 0.15) is 25.0 Å². The Kier molecular flexibility index (Phi) is 1.90.